The molecule has 5 nitrogen and oxygen atoms in total. The molecule has 0 spiro atoms. The molecule has 0 atom stereocenters. The summed E-state index contributed by atoms with van der Waals surface area (Å²) >= 11 is 0. The van der Waals surface area contributed by atoms with Crippen molar-refractivity contribution in [1.82, 2.24) is 9.80 Å². The second-order valence-corrected chi connectivity index (χ2v) is 6.87. The third kappa shape index (κ3) is 5.23. The highest BCUT2D eigenvalue weighted by Crippen LogP contribution is 2.17. The third-order valence-electron chi connectivity index (χ3n) is 4.39. The van der Waals surface area contributed by atoms with Crippen LogP contribution in [0.15, 0.2) is 54.6 Å². The van der Waals surface area contributed by atoms with Gasteiger partial charge in [-0.25, -0.2) is 4.79 Å². The number of piperazine rings is 1. The van der Waals surface area contributed by atoms with Crippen LogP contribution < -0.4 is 10.1 Å². The summed E-state index contributed by atoms with van der Waals surface area (Å²) in [4.78, 5) is 16.7. The zero-order chi connectivity index (χ0) is 18.4. The molecule has 26 heavy (non-hydrogen) atoms. The fraction of sp³-hybridized carbons (Fsp3) is 0.381. The molecular formula is C21H27N3O2. The van der Waals surface area contributed by atoms with Gasteiger partial charge in [0, 0.05) is 38.4 Å². The van der Waals surface area contributed by atoms with E-state index in [0.29, 0.717) is 0 Å². The first-order valence-electron chi connectivity index (χ1n) is 9.19. The van der Waals surface area contributed by atoms with Gasteiger partial charge in [0.05, 0.1) is 6.10 Å². The molecule has 0 unspecified atom stereocenters. The minimum atomic E-state index is -0.0399. The largest absolute Gasteiger partial charge is 0.491 e. The molecule has 0 radical (unpaired) electrons. The van der Waals surface area contributed by atoms with Gasteiger partial charge >= 0.3 is 6.03 Å². The number of hydrogen-bond acceptors (Lipinski definition) is 3. The molecule has 1 heterocycles. The minimum absolute atomic E-state index is 0.0399. The number of urea groups is 1. The second-order valence-electron chi connectivity index (χ2n) is 6.87. The van der Waals surface area contributed by atoms with Crippen molar-refractivity contribution in [2.75, 3.05) is 31.5 Å². The van der Waals surface area contributed by atoms with Crippen molar-refractivity contribution in [3.05, 3.63) is 60.2 Å². The molecule has 1 saturated heterocycles. The summed E-state index contributed by atoms with van der Waals surface area (Å²) in [6.45, 7) is 8.20. The van der Waals surface area contributed by atoms with Crippen molar-refractivity contribution in [2.45, 2.75) is 26.5 Å². The predicted octanol–water partition coefficient (Wildman–Crippen LogP) is 3.82. The topological polar surface area (TPSA) is 44.8 Å². The Morgan fingerprint density at radius 3 is 2.27 bits per heavy atom. The maximum Gasteiger partial charge on any atom is 0.321 e. The number of hydrogen-bond donors (Lipinski definition) is 1. The average molecular weight is 353 g/mol. The molecule has 1 aliphatic heterocycles. The number of nitrogens with zero attached hydrogens (tertiary/aromatic N) is 2. The maximum atomic E-state index is 12.5. The third-order valence-corrected chi connectivity index (χ3v) is 4.39. The molecule has 0 aromatic heterocycles. The van der Waals surface area contributed by atoms with Crippen molar-refractivity contribution in [2.24, 2.45) is 0 Å². The number of amides is 2. The Labute approximate surface area is 155 Å². The van der Waals surface area contributed by atoms with E-state index in [1.54, 1.807) is 0 Å². The molecule has 2 aromatic carbocycles. The van der Waals surface area contributed by atoms with Crippen molar-refractivity contribution in [1.29, 1.82) is 0 Å². The summed E-state index contributed by atoms with van der Waals surface area (Å²) in [6.07, 6.45) is 0.141. The monoisotopic (exact) mass is 353 g/mol. The Kier molecular flexibility index (Phi) is 6.12. The zero-order valence-corrected chi connectivity index (χ0v) is 15.5. The number of ether oxygens (including phenoxy) is 1. The summed E-state index contributed by atoms with van der Waals surface area (Å²) in [7, 11) is 0. The van der Waals surface area contributed by atoms with E-state index in [9.17, 15) is 4.79 Å². The van der Waals surface area contributed by atoms with Crippen LogP contribution in [-0.2, 0) is 6.54 Å². The summed E-state index contributed by atoms with van der Waals surface area (Å²) < 4.78 is 5.62. The van der Waals surface area contributed by atoms with Crippen molar-refractivity contribution in [3.8, 4) is 5.75 Å². The predicted molar refractivity (Wildman–Crippen MR) is 105 cm³/mol. The minimum Gasteiger partial charge on any atom is -0.491 e. The van der Waals surface area contributed by atoms with Crippen LogP contribution >= 0.6 is 0 Å². The van der Waals surface area contributed by atoms with Gasteiger partial charge in [-0.2, -0.15) is 0 Å². The summed E-state index contributed by atoms with van der Waals surface area (Å²) in [6, 6.07) is 17.9. The van der Waals surface area contributed by atoms with Gasteiger partial charge in [0.25, 0.3) is 0 Å². The van der Waals surface area contributed by atoms with Crippen LogP contribution in [-0.4, -0.2) is 48.1 Å². The maximum absolute atomic E-state index is 12.5. The molecule has 2 aromatic rings. The molecule has 138 valence electrons. The van der Waals surface area contributed by atoms with E-state index in [4.69, 9.17) is 4.74 Å². The summed E-state index contributed by atoms with van der Waals surface area (Å²) in [5.74, 6) is 0.813. The molecular weight excluding hydrogens is 326 g/mol. The van der Waals surface area contributed by atoms with Crippen LogP contribution in [0, 0.1) is 0 Å². The highest BCUT2D eigenvalue weighted by molar-refractivity contribution is 5.89. The van der Waals surface area contributed by atoms with Crippen LogP contribution in [0.5, 0.6) is 5.75 Å². The van der Waals surface area contributed by atoms with Crippen LogP contribution in [0.1, 0.15) is 19.4 Å². The SMILES string of the molecule is CC(C)Oc1ccc(NC(=O)N2CCN(Cc3ccccc3)CC2)cc1. The Balaban J connectivity index is 1.46. The van der Waals surface area contributed by atoms with Crippen LogP contribution in [0.2, 0.25) is 0 Å². The van der Waals surface area contributed by atoms with Gasteiger partial charge in [0.15, 0.2) is 0 Å². The van der Waals surface area contributed by atoms with Gasteiger partial charge in [0.1, 0.15) is 5.75 Å². The zero-order valence-electron chi connectivity index (χ0n) is 15.5. The van der Waals surface area contributed by atoms with E-state index >= 15 is 0 Å². The fourth-order valence-corrected chi connectivity index (χ4v) is 3.04. The van der Waals surface area contributed by atoms with Gasteiger partial charge in [-0.05, 0) is 43.7 Å². The molecule has 2 amide bonds. The first-order valence-corrected chi connectivity index (χ1v) is 9.19. The lowest BCUT2D eigenvalue weighted by atomic mass is 10.2. The standard InChI is InChI=1S/C21H27N3O2/c1-17(2)26-20-10-8-19(9-11-20)22-21(25)24-14-12-23(13-15-24)16-18-6-4-3-5-7-18/h3-11,17H,12-16H2,1-2H3,(H,22,25). The normalized spacial score (nSPS) is 15.1. The number of carbonyl (C=O) groups excluding carboxylic acids is 1. The number of anilines is 1. The lowest BCUT2D eigenvalue weighted by Gasteiger charge is -2.34. The van der Waals surface area contributed by atoms with Gasteiger partial charge in [0.2, 0.25) is 0 Å². The van der Waals surface area contributed by atoms with Gasteiger partial charge in [-0.15, -0.1) is 0 Å². The fourth-order valence-electron chi connectivity index (χ4n) is 3.04. The van der Waals surface area contributed by atoms with Crippen LogP contribution in [0.4, 0.5) is 10.5 Å². The molecule has 0 aliphatic carbocycles. The van der Waals surface area contributed by atoms with Crippen molar-refractivity contribution < 1.29 is 9.53 Å². The Morgan fingerprint density at radius 2 is 1.65 bits per heavy atom. The number of benzene rings is 2. The molecule has 0 saturated carbocycles. The van der Waals surface area contributed by atoms with Gasteiger partial charge in [-0.1, -0.05) is 30.3 Å². The first kappa shape index (κ1) is 18.3. The summed E-state index contributed by atoms with van der Waals surface area (Å²) in [5, 5.41) is 2.97. The van der Waals surface area contributed by atoms with E-state index in [0.717, 1.165) is 44.2 Å². The van der Waals surface area contributed by atoms with Crippen LogP contribution in [0.3, 0.4) is 0 Å². The smallest absolute Gasteiger partial charge is 0.321 e. The number of nitrogens with one attached hydrogen (secondary N) is 1. The Hall–Kier alpha value is -2.53. The van der Waals surface area contributed by atoms with E-state index in [1.807, 2.05) is 49.1 Å². The molecule has 1 aliphatic rings. The number of carbonyl (C=O) groups is 1. The first-order chi connectivity index (χ1) is 12.6. The number of rotatable bonds is 5. The lowest BCUT2D eigenvalue weighted by molar-refractivity contribution is 0.143. The van der Waals surface area contributed by atoms with Crippen molar-refractivity contribution >= 4 is 11.7 Å². The molecule has 0 bridgehead atoms. The molecule has 5 heteroatoms. The molecule has 3 rings (SSSR count). The van der Waals surface area contributed by atoms with Crippen molar-refractivity contribution in [3.63, 3.8) is 0 Å². The lowest BCUT2D eigenvalue weighted by Crippen LogP contribution is -2.49. The Bertz CT molecular complexity index is 693. The molecule has 1 fully saturated rings. The van der Waals surface area contributed by atoms with Gasteiger partial charge in [-0.3, -0.25) is 4.90 Å². The van der Waals surface area contributed by atoms with E-state index in [-0.39, 0.29) is 12.1 Å². The highest BCUT2D eigenvalue weighted by Gasteiger charge is 2.21. The second kappa shape index (κ2) is 8.72. The Morgan fingerprint density at radius 1 is 1.00 bits per heavy atom. The quantitative estimate of drug-likeness (QED) is 0.889. The van der Waals surface area contributed by atoms with Crippen LogP contribution in [0.25, 0.3) is 0 Å². The average Bonchev–Trinajstić information content (AvgIpc) is 2.64. The van der Waals surface area contributed by atoms with E-state index < -0.39 is 0 Å². The van der Waals surface area contributed by atoms with E-state index in [1.165, 1.54) is 5.56 Å². The summed E-state index contributed by atoms with van der Waals surface area (Å²) in [5.41, 5.74) is 2.10. The highest BCUT2D eigenvalue weighted by atomic mass is 16.5. The van der Waals surface area contributed by atoms with E-state index in [2.05, 4.69) is 34.5 Å². The van der Waals surface area contributed by atoms with Gasteiger partial charge < -0.3 is 15.0 Å². The molecule has 1 N–H and O–H groups in total.